The standard InChI is InChI=1S/C15H25N3O2S/c1-4-18-8-7-13(10-18)9-17-21(19,20)15-12(3)6-5-11(2)14(15)16/h5-6,13,17H,4,7-10,16H2,1-3H3. The number of sulfonamides is 1. The molecule has 1 fully saturated rings. The van der Waals surface area contributed by atoms with Gasteiger partial charge < -0.3 is 10.6 Å². The minimum Gasteiger partial charge on any atom is -0.397 e. The van der Waals surface area contributed by atoms with E-state index in [9.17, 15) is 8.42 Å². The van der Waals surface area contributed by atoms with Crippen LogP contribution in [0.2, 0.25) is 0 Å². The normalized spacial score (nSPS) is 20.0. The molecule has 1 unspecified atom stereocenters. The lowest BCUT2D eigenvalue weighted by Crippen LogP contribution is -2.32. The fourth-order valence-electron chi connectivity index (χ4n) is 2.83. The van der Waals surface area contributed by atoms with Gasteiger partial charge >= 0.3 is 0 Å². The topological polar surface area (TPSA) is 75.4 Å². The molecule has 1 aliphatic rings. The van der Waals surface area contributed by atoms with E-state index >= 15 is 0 Å². The van der Waals surface area contributed by atoms with E-state index in [1.165, 1.54) is 0 Å². The number of rotatable bonds is 5. The fraction of sp³-hybridized carbons (Fsp3) is 0.600. The number of hydrogen-bond acceptors (Lipinski definition) is 4. The summed E-state index contributed by atoms with van der Waals surface area (Å²) in [6, 6.07) is 3.65. The molecular formula is C15H25N3O2S. The number of nitrogens with one attached hydrogen (secondary N) is 1. The van der Waals surface area contributed by atoms with Crippen LogP contribution in [0.3, 0.4) is 0 Å². The van der Waals surface area contributed by atoms with Gasteiger partial charge in [-0.15, -0.1) is 0 Å². The zero-order valence-electron chi connectivity index (χ0n) is 13.0. The number of nitrogens with two attached hydrogens (primary N) is 1. The maximum Gasteiger partial charge on any atom is 0.242 e. The van der Waals surface area contributed by atoms with E-state index in [2.05, 4.69) is 16.5 Å². The van der Waals surface area contributed by atoms with Gasteiger partial charge in [0.1, 0.15) is 4.90 Å². The van der Waals surface area contributed by atoms with Crippen molar-refractivity contribution in [3.63, 3.8) is 0 Å². The Bertz CT molecular complexity index is 614. The first-order chi connectivity index (χ1) is 9.85. The lowest BCUT2D eigenvalue weighted by Gasteiger charge is -2.16. The van der Waals surface area contributed by atoms with Crippen LogP contribution in [0.1, 0.15) is 24.5 Å². The van der Waals surface area contributed by atoms with Crippen LogP contribution in [0.4, 0.5) is 5.69 Å². The van der Waals surface area contributed by atoms with E-state index in [4.69, 9.17) is 5.73 Å². The minimum absolute atomic E-state index is 0.229. The molecule has 1 aromatic carbocycles. The Morgan fingerprint density at radius 3 is 2.62 bits per heavy atom. The van der Waals surface area contributed by atoms with Crippen molar-refractivity contribution in [1.82, 2.24) is 9.62 Å². The average molecular weight is 311 g/mol. The summed E-state index contributed by atoms with van der Waals surface area (Å²) in [6.07, 6.45) is 1.04. The van der Waals surface area contributed by atoms with Crippen molar-refractivity contribution >= 4 is 15.7 Å². The molecule has 2 rings (SSSR count). The number of benzene rings is 1. The molecule has 0 saturated carbocycles. The quantitative estimate of drug-likeness (QED) is 0.808. The van der Waals surface area contributed by atoms with Crippen LogP contribution in [-0.2, 0) is 10.0 Å². The molecule has 1 atom stereocenters. The summed E-state index contributed by atoms with van der Waals surface area (Å²) in [7, 11) is -3.55. The van der Waals surface area contributed by atoms with Crippen molar-refractivity contribution in [2.45, 2.75) is 32.1 Å². The van der Waals surface area contributed by atoms with Crippen molar-refractivity contribution in [3.8, 4) is 0 Å². The Balaban J connectivity index is 2.11. The molecule has 21 heavy (non-hydrogen) atoms. The Morgan fingerprint density at radius 2 is 2.00 bits per heavy atom. The van der Waals surface area contributed by atoms with E-state index in [1.54, 1.807) is 13.0 Å². The van der Waals surface area contributed by atoms with Crippen molar-refractivity contribution in [3.05, 3.63) is 23.3 Å². The maximum absolute atomic E-state index is 12.5. The zero-order valence-corrected chi connectivity index (χ0v) is 13.8. The third-order valence-corrected chi connectivity index (χ3v) is 5.88. The van der Waals surface area contributed by atoms with Crippen LogP contribution in [0.5, 0.6) is 0 Å². The summed E-state index contributed by atoms with van der Waals surface area (Å²) in [5, 5.41) is 0. The van der Waals surface area contributed by atoms with Gasteiger partial charge in [-0.05, 0) is 50.4 Å². The van der Waals surface area contributed by atoms with Crippen molar-refractivity contribution in [1.29, 1.82) is 0 Å². The molecule has 1 aromatic rings. The molecule has 0 spiro atoms. The van der Waals surface area contributed by atoms with Gasteiger partial charge in [0.25, 0.3) is 0 Å². The molecule has 0 aromatic heterocycles. The minimum atomic E-state index is -3.55. The second-order valence-electron chi connectivity index (χ2n) is 5.84. The van der Waals surface area contributed by atoms with Gasteiger partial charge in [-0.3, -0.25) is 0 Å². The van der Waals surface area contributed by atoms with E-state index in [0.29, 0.717) is 23.7 Å². The van der Waals surface area contributed by atoms with E-state index in [0.717, 1.165) is 31.6 Å². The van der Waals surface area contributed by atoms with Crippen molar-refractivity contribution in [2.75, 3.05) is 31.9 Å². The SMILES string of the molecule is CCN1CCC(CNS(=O)(=O)c2c(C)ccc(C)c2N)C1. The highest BCUT2D eigenvalue weighted by Crippen LogP contribution is 2.26. The second-order valence-corrected chi connectivity index (χ2v) is 7.55. The Hall–Kier alpha value is -1.11. The second kappa shape index (κ2) is 6.34. The summed E-state index contributed by atoms with van der Waals surface area (Å²) in [5.74, 6) is 0.381. The largest absolute Gasteiger partial charge is 0.397 e. The van der Waals surface area contributed by atoms with Crippen LogP contribution in [0.15, 0.2) is 17.0 Å². The summed E-state index contributed by atoms with van der Waals surface area (Å²) in [5.41, 5.74) is 7.80. The first-order valence-electron chi connectivity index (χ1n) is 7.43. The maximum atomic E-state index is 12.5. The number of aryl methyl sites for hydroxylation is 2. The first kappa shape index (κ1) is 16.3. The monoisotopic (exact) mass is 311 g/mol. The molecule has 0 bridgehead atoms. The average Bonchev–Trinajstić information content (AvgIpc) is 2.89. The van der Waals surface area contributed by atoms with Gasteiger partial charge in [0.15, 0.2) is 0 Å². The van der Waals surface area contributed by atoms with E-state index in [1.807, 2.05) is 13.0 Å². The summed E-state index contributed by atoms with van der Waals surface area (Å²) < 4.78 is 27.8. The lowest BCUT2D eigenvalue weighted by atomic mass is 10.1. The number of nitrogen functional groups attached to an aromatic ring is 1. The Kier molecular flexibility index (Phi) is 4.91. The van der Waals surface area contributed by atoms with Crippen molar-refractivity contribution in [2.24, 2.45) is 5.92 Å². The van der Waals surface area contributed by atoms with E-state index in [-0.39, 0.29) is 4.90 Å². The molecule has 3 N–H and O–H groups in total. The zero-order chi connectivity index (χ0) is 15.6. The van der Waals surface area contributed by atoms with E-state index < -0.39 is 10.0 Å². The third kappa shape index (κ3) is 3.56. The Morgan fingerprint density at radius 1 is 1.33 bits per heavy atom. The molecule has 0 radical (unpaired) electrons. The van der Waals surface area contributed by atoms with Crippen molar-refractivity contribution < 1.29 is 8.42 Å². The van der Waals surface area contributed by atoms with Gasteiger partial charge in [0, 0.05) is 13.1 Å². The number of anilines is 1. The molecule has 1 heterocycles. The van der Waals surface area contributed by atoms with Gasteiger partial charge in [-0.1, -0.05) is 19.1 Å². The highest BCUT2D eigenvalue weighted by Gasteiger charge is 2.25. The summed E-state index contributed by atoms with van der Waals surface area (Å²) in [6.45, 7) is 9.24. The highest BCUT2D eigenvalue weighted by molar-refractivity contribution is 7.89. The van der Waals surface area contributed by atoms with Gasteiger partial charge in [0.2, 0.25) is 10.0 Å². The van der Waals surface area contributed by atoms with Crippen LogP contribution in [0, 0.1) is 19.8 Å². The van der Waals surface area contributed by atoms with Gasteiger partial charge in [-0.2, -0.15) is 0 Å². The van der Waals surface area contributed by atoms with Crippen LogP contribution < -0.4 is 10.5 Å². The molecule has 0 amide bonds. The van der Waals surface area contributed by atoms with Gasteiger partial charge in [-0.25, -0.2) is 13.1 Å². The summed E-state index contributed by atoms with van der Waals surface area (Å²) in [4.78, 5) is 2.57. The van der Waals surface area contributed by atoms with Gasteiger partial charge in [0.05, 0.1) is 5.69 Å². The predicted molar refractivity (Wildman–Crippen MR) is 85.7 cm³/mol. The van der Waals surface area contributed by atoms with Crippen LogP contribution in [0.25, 0.3) is 0 Å². The predicted octanol–water partition coefficient (Wildman–Crippen LogP) is 1.51. The van der Waals surface area contributed by atoms with Crippen LogP contribution >= 0.6 is 0 Å². The first-order valence-corrected chi connectivity index (χ1v) is 8.91. The lowest BCUT2D eigenvalue weighted by molar-refractivity contribution is 0.342. The summed E-state index contributed by atoms with van der Waals surface area (Å²) >= 11 is 0. The highest BCUT2D eigenvalue weighted by atomic mass is 32.2. The smallest absolute Gasteiger partial charge is 0.242 e. The molecule has 118 valence electrons. The molecule has 6 heteroatoms. The molecule has 1 aliphatic heterocycles. The molecule has 1 saturated heterocycles. The van der Waals surface area contributed by atoms with Crippen LogP contribution in [-0.4, -0.2) is 39.5 Å². The number of nitrogens with zero attached hydrogens (tertiary/aromatic N) is 1. The molecule has 5 nitrogen and oxygen atoms in total. The Labute approximate surface area is 127 Å². The number of likely N-dealkylation sites (tertiary alicyclic amines) is 1. The molecule has 0 aliphatic carbocycles. The number of hydrogen-bond donors (Lipinski definition) is 2. The third-order valence-electron chi connectivity index (χ3n) is 4.26. The fourth-order valence-corrected chi connectivity index (χ4v) is 4.37. The molecular weight excluding hydrogens is 286 g/mol.